The van der Waals surface area contributed by atoms with Gasteiger partial charge in [0, 0.05) is 45.2 Å². The highest BCUT2D eigenvalue weighted by Gasteiger charge is 2.39. The lowest BCUT2D eigenvalue weighted by atomic mass is 9.92. The highest BCUT2D eigenvalue weighted by atomic mass is 16.5. The van der Waals surface area contributed by atoms with Crippen molar-refractivity contribution >= 4 is 16.9 Å². The molecule has 0 N–H and O–H groups in total. The molecule has 2 fully saturated rings. The second kappa shape index (κ2) is 6.18. The molecule has 1 spiro atoms. The fourth-order valence-corrected chi connectivity index (χ4v) is 3.61. The Kier molecular flexibility index (Phi) is 4.02. The lowest BCUT2D eigenvalue weighted by molar-refractivity contribution is -0.116. The van der Waals surface area contributed by atoms with Crippen LogP contribution < -0.4 is 9.64 Å². The maximum atomic E-state index is 6.13. The summed E-state index contributed by atoms with van der Waals surface area (Å²) in [6, 6.07) is 5.82. The first-order chi connectivity index (χ1) is 11.7. The Morgan fingerprint density at radius 2 is 1.96 bits per heavy atom. The Morgan fingerprint density at radius 3 is 2.75 bits per heavy atom. The van der Waals surface area contributed by atoms with E-state index in [1.165, 1.54) is 0 Å². The molecule has 3 heterocycles. The molecule has 1 aromatic heterocycles. The molecule has 0 unspecified atom stereocenters. The Labute approximate surface area is 141 Å². The molecule has 6 nitrogen and oxygen atoms in total. The summed E-state index contributed by atoms with van der Waals surface area (Å²) in [6.45, 7) is 5.99. The highest BCUT2D eigenvalue weighted by Crippen LogP contribution is 2.32. The molecule has 0 amide bonds. The molecule has 0 aliphatic carbocycles. The standard InChI is InChI=1S/C18H23N3O3/c1-13-17(20-15-4-3-14(22-2)11-16(15)19-13)21-7-10-24-18(12-21)5-8-23-9-6-18/h3-4,11H,5-10,12H2,1-2H3. The molecular formula is C18H23N3O3. The molecule has 2 aliphatic heterocycles. The summed E-state index contributed by atoms with van der Waals surface area (Å²) in [7, 11) is 1.66. The Hall–Kier alpha value is -1.92. The minimum absolute atomic E-state index is 0.0977. The maximum Gasteiger partial charge on any atom is 0.150 e. The van der Waals surface area contributed by atoms with E-state index in [9.17, 15) is 0 Å². The summed E-state index contributed by atoms with van der Waals surface area (Å²) in [4.78, 5) is 11.9. The van der Waals surface area contributed by atoms with Gasteiger partial charge in [-0.15, -0.1) is 0 Å². The molecular weight excluding hydrogens is 306 g/mol. The number of rotatable bonds is 2. The van der Waals surface area contributed by atoms with E-state index < -0.39 is 0 Å². The number of fused-ring (bicyclic) bond motifs is 1. The summed E-state index contributed by atoms with van der Waals surface area (Å²) in [6.07, 6.45) is 1.89. The maximum absolute atomic E-state index is 6.13. The quantitative estimate of drug-likeness (QED) is 0.843. The average Bonchev–Trinajstić information content (AvgIpc) is 2.61. The predicted molar refractivity (Wildman–Crippen MR) is 91.8 cm³/mol. The van der Waals surface area contributed by atoms with Crippen LogP contribution in [-0.2, 0) is 9.47 Å². The summed E-state index contributed by atoms with van der Waals surface area (Å²) in [5, 5.41) is 0. The van der Waals surface area contributed by atoms with Crippen LogP contribution in [0.2, 0.25) is 0 Å². The molecule has 128 valence electrons. The zero-order valence-electron chi connectivity index (χ0n) is 14.2. The van der Waals surface area contributed by atoms with Gasteiger partial charge in [0.05, 0.1) is 36.0 Å². The summed E-state index contributed by atoms with van der Waals surface area (Å²) < 4.78 is 16.9. The third-order valence-electron chi connectivity index (χ3n) is 4.97. The van der Waals surface area contributed by atoms with Crippen molar-refractivity contribution in [3.05, 3.63) is 23.9 Å². The number of aromatic nitrogens is 2. The van der Waals surface area contributed by atoms with Crippen molar-refractivity contribution in [3.63, 3.8) is 0 Å². The summed E-state index contributed by atoms with van der Waals surface area (Å²) >= 11 is 0. The monoisotopic (exact) mass is 329 g/mol. The third-order valence-corrected chi connectivity index (χ3v) is 4.97. The zero-order valence-corrected chi connectivity index (χ0v) is 14.2. The molecule has 0 bridgehead atoms. The van der Waals surface area contributed by atoms with Crippen molar-refractivity contribution in [1.29, 1.82) is 0 Å². The van der Waals surface area contributed by atoms with Crippen molar-refractivity contribution in [1.82, 2.24) is 9.97 Å². The number of benzene rings is 1. The van der Waals surface area contributed by atoms with Gasteiger partial charge in [-0.3, -0.25) is 0 Å². The van der Waals surface area contributed by atoms with Gasteiger partial charge in [-0.25, -0.2) is 9.97 Å². The Balaban J connectivity index is 1.66. The molecule has 0 atom stereocenters. The number of ether oxygens (including phenoxy) is 3. The van der Waals surface area contributed by atoms with Crippen LogP contribution in [0.25, 0.3) is 11.0 Å². The first-order valence-corrected chi connectivity index (χ1v) is 8.48. The van der Waals surface area contributed by atoms with E-state index in [1.807, 2.05) is 25.1 Å². The second-order valence-corrected chi connectivity index (χ2v) is 6.55. The van der Waals surface area contributed by atoms with Crippen LogP contribution in [0.1, 0.15) is 18.5 Å². The largest absolute Gasteiger partial charge is 0.497 e. The summed E-state index contributed by atoms with van der Waals surface area (Å²) in [5.41, 5.74) is 2.60. The number of morpholine rings is 1. The molecule has 4 rings (SSSR count). The molecule has 2 aromatic rings. The van der Waals surface area contributed by atoms with Crippen LogP contribution in [0.5, 0.6) is 5.75 Å². The fraction of sp³-hybridized carbons (Fsp3) is 0.556. The van der Waals surface area contributed by atoms with Gasteiger partial charge in [-0.2, -0.15) is 0 Å². The van der Waals surface area contributed by atoms with E-state index in [1.54, 1.807) is 7.11 Å². The SMILES string of the molecule is COc1ccc2nc(N3CCOC4(CCOCC4)C3)c(C)nc2c1. The van der Waals surface area contributed by atoms with E-state index in [0.717, 1.165) is 74.0 Å². The molecule has 0 saturated carbocycles. The van der Waals surface area contributed by atoms with Gasteiger partial charge >= 0.3 is 0 Å². The summed E-state index contributed by atoms with van der Waals surface area (Å²) in [5.74, 6) is 1.76. The van der Waals surface area contributed by atoms with Gasteiger partial charge in [-0.1, -0.05) is 0 Å². The van der Waals surface area contributed by atoms with Crippen molar-refractivity contribution in [2.75, 3.05) is 44.9 Å². The zero-order chi connectivity index (χ0) is 16.6. The van der Waals surface area contributed by atoms with E-state index in [4.69, 9.17) is 24.2 Å². The van der Waals surface area contributed by atoms with Gasteiger partial charge in [0.2, 0.25) is 0 Å². The van der Waals surface area contributed by atoms with Gasteiger partial charge in [0.1, 0.15) is 5.75 Å². The van der Waals surface area contributed by atoms with Crippen LogP contribution in [0.3, 0.4) is 0 Å². The van der Waals surface area contributed by atoms with Gasteiger partial charge in [0.15, 0.2) is 5.82 Å². The molecule has 6 heteroatoms. The normalized spacial score (nSPS) is 20.5. The molecule has 24 heavy (non-hydrogen) atoms. The molecule has 2 saturated heterocycles. The highest BCUT2D eigenvalue weighted by molar-refractivity contribution is 5.78. The fourth-order valence-electron chi connectivity index (χ4n) is 3.61. The van der Waals surface area contributed by atoms with Gasteiger partial charge in [0.25, 0.3) is 0 Å². The topological polar surface area (TPSA) is 56.7 Å². The molecule has 0 radical (unpaired) electrons. The first-order valence-electron chi connectivity index (χ1n) is 8.48. The number of nitrogens with zero attached hydrogens (tertiary/aromatic N) is 3. The van der Waals surface area contributed by atoms with Crippen LogP contribution in [-0.4, -0.2) is 55.6 Å². The second-order valence-electron chi connectivity index (χ2n) is 6.55. The molecule has 2 aliphatic rings. The average molecular weight is 329 g/mol. The minimum Gasteiger partial charge on any atom is -0.497 e. The number of hydrogen-bond acceptors (Lipinski definition) is 6. The lowest BCUT2D eigenvalue weighted by Crippen LogP contribution is -2.54. The van der Waals surface area contributed by atoms with E-state index in [2.05, 4.69) is 4.90 Å². The van der Waals surface area contributed by atoms with Crippen LogP contribution in [0, 0.1) is 6.92 Å². The van der Waals surface area contributed by atoms with Gasteiger partial charge < -0.3 is 19.1 Å². The number of anilines is 1. The van der Waals surface area contributed by atoms with Crippen LogP contribution in [0.4, 0.5) is 5.82 Å². The van der Waals surface area contributed by atoms with E-state index in [-0.39, 0.29) is 5.60 Å². The Morgan fingerprint density at radius 1 is 1.12 bits per heavy atom. The Bertz CT molecular complexity index is 738. The van der Waals surface area contributed by atoms with Gasteiger partial charge in [-0.05, 0) is 19.1 Å². The van der Waals surface area contributed by atoms with Crippen molar-refractivity contribution < 1.29 is 14.2 Å². The first kappa shape index (κ1) is 15.6. The van der Waals surface area contributed by atoms with Crippen molar-refractivity contribution in [2.45, 2.75) is 25.4 Å². The smallest absolute Gasteiger partial charge is 0.150 e. The van der Waals surface area contributed by atoms with Crippen molar-refractivity contribution in [3.8, 4) is 5.75 Å². The minimum atomic E-state index is -0.0977. The van der Waals surface area contributed by atoms with E-state index >= 15 is 0 Å². The number of methoxy groups -OCH3 is 1. The predicted octanol–water partition coefficient (Wildman–Crippen LogP) is 2.33. The molecule has 1 aromatic carbocycles. The van der Waals surface area contributed by atoms with Crippen molar-refractivity contribution in [2.24, 2.45) is 0 Å². The van der Waals surface area contributed by atoms with E-state index in [0.29, 0.717) is 0 Å². The van der Waals surface area contributed by atoms with Crippen LogP contribution in [0.15, 0.2) is 18.2 Å². The lowest BCUT2D eigenvalue weighted by Gasteiger charge is -2.45. The third kappa shape index (κ3) is 2.80. The number of hydrogen-bond donors (Lipinski definition) is 0. The number of aryl methyl sites for hydroxylation is 1. The van der Waals surface area contributed by atoms with Crippen LogP contribution >= 0.6 is 0 Å².